The van der Waals surface area contributed by atoms with E-state index in [0.717, 1.165) is 51.1 Å². The normalized spacial score (nSPS) is 26.5. The standard InChI is InChI=1S/C19H29N3O2/c1-15(23)22-14-19(12-17(24)18(22,2)3)7-10-21(11-8-19)13-16-6-4-5-9-20-16/h4-6,9,17,24H,7-8,10-14H2,1-3H3/t17-/m1/s1. The summed E-state index contributed by atoms with van der Waals surface area (Å²) in [6.07, 6.45) is 4.22. The van der Waals surface area contributed by atoms with Gasteiger partial charge in [0.1, 0.15) is 0 Å². The van der Waals surface area contributed by atoms with Crippen LogP contribution in [0.4, 0.5) is 0 Å². The molecule has 2 aliphatic heterocycles. The monoisotopic (exact) mass is 331 g/mol. The van der Waals surface area contributed by atoms with Crippen LogP contribution in [0.25, 0.3) is 0 Å². The Morgan fingerprint density at radius 1 is 1.33 bits per heavy atom. The summed E-state index contributed by atoms with van der Waals surface area (Å²) < 4.78 is 0. The molecule has 132 valence electrons. The van der Waals surface area contributed by atoms with Crippen LogP contribution < -0.4 is 0 Å². The maximum Gasteiger partial charge on any atom is 0.219 e. The summed E-state index contributed by atoms with van der Waals surface area (Å²) in [6.45, 7) is 9.20. The minimum atomic E-state index is -0.470. The minimum Gasteiger partial charge on any atom is -0.391 e. The lowest BCUT2D eigenvalue weighted by atomic mass is 9.67. The first-order valence-electron chi connectivity index (χ1n) is 8.91. The van der Waals surface area contributed by atoms with E-state index in [9.17, 15) is 9.90 Å². The van der Waals surface area contributed by atoms with Crippen molar-refractivity contribution in [3.63, 3.8) is 0 Å². The highest BCUT2D eigenvalue weighted by Gasteiger charge is 2.50. The van der Waals surface area contributed by atoms with Crippen LogP contribution in [0, 0.1) is 5.41 Å². The van der Waals surface area contributed by atoms with E-state index in [0.29, 0.717) is 0 Å². The second kappa shape index (κ2) is 6.45. The zero-order valence-electron chi connectivity index (χ0n) is 15.0. The van der Waals surface area contributed by atoms with E-state index in [-0.39, 0.29) is 11.3 Å². The van der Waals surface area contributed by atoms with E-state index in [4.69, 9.17) is 0 Å². The van der Waals surface area contributed by atoms with E-state index >= 15 is 0 Å². The van der Waals surface area contributed by atoms with Crippen molar-refractivity contribution in [1.82, 2.24) is 14.8 Å². The van der Waals surface area contributed by atoms with Gasteiger partial charge in [0, 0.05) is 26.2 Å². The Morgan fingerprint density at radius 3 is 2.62 bits per heavy atom. The molecule has 0 bridgehead atoms. The zero-order valence-corrected chi connectivity index (χ0v) is 15.0. The molecule has 3 rings (SSSR count). The maximum atomic E-state index is 12.1. The van der Waals surface area contributed by atoms with E-state index in [2.05, 4.69) is 16.0 Å². The average Bonchev–Trinajstić information content (AvgIpc) is 2.54. The summed E-state index contributed by atoms with van der Waals surface area (Å²) >= 11 is 0. The number of likely N-dealkylation sites (tertiary alicyclic amines) is 2. The summed E-state index contributed by atoms with van der Waals surface area (Å²) in [4.78, 5) is 20.8. The molecule has 0 aromatic carbocycles. The number of aromatic nitrogens is 1. The Labute approximate surface area is 144 Å². The van der Waals surface area contributed by atoms with Crippen molar-refractivity contribution in [3.05, 3.63) is 30.1 Å². The number of pyridine rings is 1. The Balaban J connectivity index is 1.65. The van der Waals surface area contributed by atoms with Gasteiger partial charge in [-0.15, -0.1) is 0 Å². The predicted octanol–water partition coefficient (Wildman–Crippen LogP) is 2.06. The Morgan fingerprint density at radius 2 is 2.04 bits per heavy atom. The summed E-state index contributed by atoms with van der Waals surface area (Å²) in [6, 6.07) is 6.03. The third kappa shape index (κ3) is 3.33. The van der Waals surface area contributed by atoms with Crippen molar-refractivity contribution in [2.45, 2.75) is 58.2 Å². The van der Waals surface area contributed by atoms with Crippen molar-refractivity contribution in [3.8, 4) is 0 Å². The van der Waals surface area contributed by atoms with Gasteiger partial charge in [-0.2, -0.15) is 0 Å². The number of carbonyl (C=O) groups is 1. The van der Waals surface area contributed by atoms with Gasteiger partial charge in [0.25, 0.3) is 0 Å². The van der Waals surface area contributed by atoms with Crippen molar-refractivity contribution in [2.24, 2.45) is 5.41 Å². The van der Waals surface area contributed by atoms with Crippen LogP contribution in [0.3, 0.4) is 0 Å². The largest absolute Gasteiger partial charge is 0.391 e. The number of carbonyl (C=O) groups excluding carboxylic acids is 1. The summed E-state index contributed by atoms with van der Waals surface area (Å²) in [5.74, 6) is 0.0639. The highest BCUT2D eigenvalue weighted by atomic mass is 16.3. The maximum absolute atomic E-state index is 12.1. The third-order valence-electron chi connectivity index (χ3n) is 6.04. The SMILES string of the molecule is CC(=O)N1CC2(CCN(Cc3ccccn3)CC2)C[C@@H](O)C1(C)C. The van der Waals surface area contributed by atoms with Crippen molar-refractivity contribution in [1.29, 1.82) is 0 Å². The van der Waals surface area contributed by atoms with Crippen LogP contribution in [-0.2, 0) is 11.3 Å². The molecule has 5 heteroatoms. The van der Waals surface area contributed by atoms with Crippen molar-refractivity contribution in [2.75, 3.05) is 19.6 Å². The van der Waals surface area contributed by atoms with Gasteiger partial charge in [0.2, 0.25) is 5.91 Å². The predicted molar refractivity (Wildman–Crippen MR) is 93.3 cm³/mol. The Kier molecular flexibility index (Phi) is 4.67. The zero-order chi connectivity index (χ0) is 17.4. The number of aliphatic hydroxyl groups is 1. The molecule has 24 heavy (non-hydrogen) atoms. The third-order valence-corrected chi connectivity index (χ3v) is 6.04. The van der Waals surface area contributed by atoms with Gasteiger partial charge < -0.3 is 10.0 Å². The van der Waals surface area contributed by atoms with Gasteiger partial charge in [0.15, 0.2) is 0 Å². The van der Waals surface area contributed by atoms with Gasteiger partial charge >= 0.3 is 0 Å². The van der Waals surface area contributed by atoms with E-state index in [1.54, 1.807) is 6.92 Å². The highest BCUT2D eigenvalue weighted by molar-refractivity contribution is 5.74. The molecule has 2 saturated heterocycles. The second-order valence-corrected chi connectivity index (χ2v) is 8.08. The van der Waals surface area contributed by atoms with Gasteiger partial charge in [-0.3, -0.25) is 14.7 Å². The number of rotatable bonds is 2. The number of piperidine rings is 2. The van der Waals surface area contributed by atoms with Crippen LogP contribution in [0.2, 0.25) is 0 Å². The number of aliphatic hydroxyl groups excluding tert-OH is 1. The molecule has 0 aliphatic carbocycles. The number of amides is 1. The Bertz CT molecular complexity index is 580. The molecule has 1 aromatic heterocycles. The molecule has 1 amide bonds. The van der Waals surface area contributed by atoms with E-state index in [1.165, 1.54) is 0 Å². The molecular weight excluding hydrogens is 302 g/mol. The molecule has 0 saturated carbocycles. The smallest absolute Gasteiger partial charge is 0.219 e. The fourth-order valence-electron chi connectivity index (χ4n) is 4.23. The molecule has 1 N–H and O–H groups in total. The number of hydrogen-bond donors (Lipinski definition) is 1. The fraction of sp³-hybridized carbons (Fsp3) is 0.684. The van der Waals surface area contributed by atoms with Crippen molar-refractivity contribution >= 4 is 5.91 Å². The topological polar surface area (TPSA) is 56.7 Å². The first kappa shape index (κ1) is 17.4. The molecule has 1 spiro atoms. The first-order valence-corrected chi connectivity index (χ1v) is 8.91. The fourth-order valence-corrected chi connectivity index (χ4v) is 4.23. The van der Waals surface area contributed by atoms with E-state index < -0.39 is 11.6 Å². The molecule has 0 unspecified atom stereocenters. The summed E-state index contributed by atoms with van der Waals surface area (Å²) in [5, 5.41) is 10.7. The number of nitrogens with zero attached hydrogens (tertiary/aromatic N) is 3. The van der Waals surface area contributed by atoms with Crippen LogP contribution in [0.1, 0.15) is 45.7 Å². The van der Waals surface area contributed by atoms with E-state index in [1.807, 2.05) is 37.1 Å². The molecular formula is C19H29N3O2. The molecule has 1 aromatic rings. The van der Waals surface area contributed by atoms with Gasteiger partial charge in [-0.25, -0.2) is 0 Å². The van der Waals surface area contributed by atoms with Crippen LogP contribution in [0.15, 0.2) is 24.4 Å². The molecule has 2 aliphatic rings. The van der Waals surface area contributed by atoms with Crippen LogP contribution >= 0.6 is 0 Å². The second-order valence-electron chi connectivity index (χ2n) is 8.08. The molecule has 5 nitrogen and oxygen atoms in total. The first-order chi connectivity index (χ1) is 11.3. The van der Waals surface area contributed by atoms with Gasteiger partial charge in [0.05, 0.1) is 17.3 Å². The minimum absolute atomic E-state index is 0.0568. The molecule has 0 radical (unpaired) electrons. The molecule has 1 atom stereocenters. The molecule has 3 heterocycles. The van der Waals surface area contributed by atoms with Crippen LogP contribution in [0.5, 0.6) is 0 Å². The number of hydrogen-bond acceptors (Lipinski definition) is 4. The van der Waals surface area contributed by atoms with Gasteiger partial charge in [-0.1, -0.05) is 6.07 Å². The highest BCUT2D eigenvalue weighted by Crippen LogP contribution is 2.45. The van der Waals surface area contributed by atoms with Gasteiger partial charge in [-0.05, 0) is 63.7 Å². The lowest BCUT2D eigenvalue weighted by Gasteiger charge is -2.55. The lowest BCUT2D eigenvalue weighted by molar-refractivity contribution is -0.157. The summed E-state index contributed by atoms with van der Waals surface area (Å²) in [7, 11) is 0. The quantitative estimate of drug-likeness (QED) is 0.901. The summed E-state index contributed by atoms with van der Waals surface area (Å²) in [5.41, 5.74) is 0.687. The lowest BCUT2D eigenvalue weighted by Crippen LogP contribution is -2.64. The van der Waals surface area contributed by atoms with Crippen molar-refractivity contribution < 1.29 is 9.90 Å². The van der Waals surface area contributed by atoms with Crippen LogP contribution in [-0.4, -0.2) is 57.1 Å². The average molecular weight is 331 g/mol. The Hall–Kier alpha value is -1.46. The molecule has 2 fully saturated rings.